The van der Waals surface area contributed by atoms with Gasteiger partial charge in [0.05, 0.1) is 5.56 Å². The Hall–Kier alpha value is -3.23. The Kier molecular flexibility index (Phi) is 9.17. The number of likely N-dealkylation sites (N-methyl/N-ethyl adjacent to an activating group) is 1. The van der Waals surface area contributed by atoms with Crippen molar-refractivity contribution in [1.82, 2.24) is 16.0 Å². The van der Waals surface area contributed by atoms with Crippen LogP contribution in [-0.4, -0.2) is 38.6 Å². The average Bonchev–Trinajstić information content (AvgIpc) is 2.75. The van der Waals surface area contributed by atoms with E-state index in [1.165, 1.54) is 12.1 Å². The molecule has 0 atom stereocenters. The second kappa shape index (κ2) is 11.8. The van der Waals surface area contributed by atoms with Gasteiger partial charge < -0.3 is 20.7 Å². The summed E-state index contributed by atoms with van der Waals surface area (Å²) in [6.45, 7) is 3.35. The van der Waals surface area contributed by atoms with Gasteiger partial charge in [-0.25, -0.2) is 0 Å². The summed E-state index contributed by atoms with van der Waals surface area (Å²) in [7, 11) is 1.64. The number of hydrogen-bond donors (Lipinski definition) is 3. The maximum atomic E-state index is 12.6. The molecule has 0 aliphatic heterocycles. The van der Waals surface area contributed by atoms with Gasteiger partial charge in [-0.3, -0.25) is 9.79 Å². The van der Waals surface area contributed by atoms with E-state index < -0.39 is 11.7 Å². The number of carbonyl (C=O) groups excluding carboxylic acids is 1. The number of carbonyl (C=O) groups is 1. The maximum absolute atomic E-state index is 12.6. The average molecular weight is 436 g/mol. The molecule has 1 amide bonds. The molecule has 0 aliphatic rings. The lowest BCUT2D eigenvalue weighted by Gasteiger charge is -2.13. The minimum Gasteiger partial charge on any atom is -0.484 e. The van der Waals surface area contributed by atoms with E-state index in [0.29, 0.717) is 37.8 Å². The van der Waals surface area contributed by atoms with Crippen molar-refractivity contribution in [2.75, 3.05) is 26.7 Å². The number of nitrogens with one attached hydrogen (secondary N) is 3. The summed E-state index contributed by atoms with van der Waals surface area (Å²) in [5, 5.41) is 8.97. The molecule has 0 radical (unpaired) electrons. The molecular weight excluding hydrogens is 409 g/mol. The van der Waals surface area contributed by atoms with E-state index in [-0.39, 0.29) is 12.5 Å². The van der Waals surface area contributed by atoms with Crippen LogP contribution in [0, 0.1) is 0 Å². The molecule has 9 heteroatoms. The molecule has 0 saturated carbocycles. The molecule has 0 aliphatic carbocycles. The molecule has 0 unspecified atom stereocenters. The minimum absolute atomic E-state index is 0.0438. The van der Waals surface area contributed by atoms with Gasteiger partial charge in [0.1, 0.15) is 5.75 Å². The Bertz CT molecular complexity index is 868. The number of hydrogen-bond acceptors (Lipinski definition) is 3. The third-order valence-electron chi connectivity index (χ3n) is 4.31. The number of nitrogens with zero attached hydrogens (tertiary/aromatic N) is 1. The molecule has 168 valence electrons. The Morgan fingerprint density at radius 3 is 2.42 bits per heavy atom. The summed E-state index contributed by atoms with van der Waals surface area (Å²) >= 11 is 0. The van der Waals surface area contributed by atoms with Crippen LogP contribution in [-0.2, 0) is 23.9 Å². The summed E-state index contributed by atoms with van der Waals surface area (Å²) in [6.07, 6.45) is -3.77. The second-order valence-electron chi connectivity index (χ2n) is 6.69. The molecule has 0 spiro atoms. The lowest BCUT2D eigenvalue weighted by Crippen LogP contribution is -2.37. The highest BCUT2D eigenvalue weighted by molar-refractivity contribution is 5.79. The van der Waals surface area contributed by atoms with Gasteiger partial charge in [0.2, 0.25) is 0 Å². The van der Waals surface area contributed by atoms with E-state index >= 15 is 0 Å². The highest BCUT2D eigenvalue weighted by Gasteiger charge is 2.29. The van der Waals surface area contributed by atoms with Crippen LogP contribution in [0.1, 0.15) is 23.6 Å². The number of guanidine groups is 1. The van der Waals surface area contributed by atoms with E-state index in [1.54, 1.807) is 13.1 Å². The van der Waals surface area contributed by atoms with Gasteiger partial charge in [-0.1, -0.05) is 24.3 Å². The second-order valence-corrected chi connectivity index (χ2v) is 6.69. The standard InChI is InChI=1S/C22H27F3N4O2/c1-3-27-20(30)15-31-19-6-4-5-17(13-19)14-29-21(26-2)28-12-11-16-7-9-18(10-8-16)22(23,24)25/h4-10,13H,3,11-12,14-15H2,1-2H3,(H,27,30)(H2,26,28,29). The van der Waals surface area contributed by atoms with Crippen molar-refractivity contribution in [2.45, 2.75) is 26.1 Å². The van der Waals surface area contributed by atoms with Crippen LogP contribution in [0.25, 0.3) is 0 Å². The quantitative estimate of drug-likeness (QED) is 0.417. The monoisotopic (exact) mass is 436 g/mol. The fourth-order valence-corrected chi connectivity index (χ4v) is 2.73. The van der Waals surface area contributed by atoms with Gasteiger partial charge in [-0.05, 0) is 48.7 Å². The van der Waals surface area contributed by atoms with E-state index in [2.05, 4.69) is 20.9 Å². The maximum Gasteiger partial charge on any atom is 0.416 e. The molecule has 3 N–H and O–H groups in total. The zero-order valence-electron chi connectivity index (χ0n) is 17.6. The molecule has 0 bridgehead atoms. The number of amides is 1. The SMILES string of the molecule is CCNC(=O)COc1cccc(CNC(=NC)NCCc2ccc(C(F)(F)F)cc2)c1. The zero-order chi connectivity index (χ0) is 22.7. The van der Waals surface area contributed by atoms with Crippen molar-refractivity contribution in [3.8, 4) is 5.75 Å². The van der Waals surface area contributed by atoms with Crippen molar-refractivity contribution in [3.63, 3.8) is 0 Å². The first-order valence-electron chi connectivity index (χ1n) is 9.91. The molecule has 6 nitrogen and oxygen atoms in total. The summed E-state index contributed by atoms with van der Waals surface area (Å²) in [4.78, 5) is 15.6. The molecule has 2 rings (SSSR count). The van der Waals surface area contributed by atoms with Crippen LogP contribution in [0.2, 0.25) is 0 Å². The van der Waals surface area contributed by atoms with Crippen molar-refractivity contribution in [1.29, 1.82) is 0 Å². The van der Waals surface area contributed by atoms with Crippen molar-refractivity contribution in [3.05, 3.63) is 65.2 Å². The summed E-state index contributed by atoms with van der Waals surface area (Å²) in [5.74, 6) is 0.986. The molecule has 0 fully saturated rings. The van der Waals surface area contributed by atoms with Gasteiger partial charge in [0.25, 0.3) is 5.91 Å². The zero-order valence-corrected chi connectivity index (χ0v) is 17.6. The smallest absolute Gasteiger partial charge is 0.416 e. The van der Waals surface area contributed by atoms with Crippen LogP contribution < -0.4 is 20.7 Å². The highest BCUT2D eigenvalue weighted by atomic mass is 19.4. The van der Waals surface area contributed by atoms with Crippen molar-refractivity contribution < 1.29 is 22.7 Å². The fourth-order valence-electron chi connectivity index (χ4n) is 2.73. The van der Waals surface area contributed by atoms with Crippen molar-refractivity contribution in [2.24, 2.45) is 4.99 Å². The van der Waals surface area contributed by atoms with E-state index in [9.17, 15) is 18.0 Å². The third-order valence-corrected chi connectivity index (χ3v) is 4.31. The first-order valence-corrected chi connectivity index (χ1v) is 9.91. The topological polar surface area (TPSA) is 74.8 Å². The van der Waals surface area contributed by atoms with Gasteiger partial charge in [-0.15, -0.1) is 0 Å². The predicted octanol–water partition coefficient (Wildman–Crippen LogP) is 3.13. The van der Waals surface area contributed by atoms with Crippen LogP contribution in [0.15, 0.2) is 53.5 Å². The molecule has 0 heterocycles. The number of alkyl halides is 3. The lowest BCUT2D eigenvalue weighted by molar-refractivity contribution is -0.137. The molecule has 2 aromatic carbocycles. The van der Waals surface area contributed by atoms with E-state index in [4.69, 9.17) is 4.74 Å². The Morgan fingerprint density at radius 2 is 1.77 bits per heavy atom. The molecular formula is C22H27F3N4O2. The minimum atomic E-state index is -4.33. The molecule has 2 aromatic rings. The Labute approximate surface area is 179 Å². The first kappa shape index (κ1) is 24.0. The van der Waals surface area contributed by atoms with Gasteiger partial charge in [-0.2, -0.15) is 13.2 Å². The summed E-state index contributed by atoms with van der Waals surface area (Å²) in [6, 6.07) is 12.5. The number of ether oxygens (including phenoxy) is 1. The highest BCUT2D eigenvalue weighted by Crippen LogP contribution is 2.29. The molecule has 31 heavy (non-hydrogen) atoms. The summed E-state index contributed by atoms with van der Waals surface area (Å²) in [5.41, 5.74) is 1.09. The third kappa shape index (κ3) is 8.57. The van der Waals surface area contributed by atoms with Crippen LogP contribution in [0.5, 0.6) is 5.75 Å². The Balaban J connectivity index is 1.78. The lowest BCUT2D eigenvalue weighted by atomic mass is 10.1. The largest absolute Gasteiger partial charge is 0.484 e. The normalized spacial score (nSPS) is 11.7. The number of rotatable bonds is 9. The van der Waals surface area contributed by atoms with E-state index in [1.807, 2.05) is 25.1 Å². The molecule has 0 aromatic heterocycles. The molecule has 0 saturated heterocycles. The van der Waals surface area contributed by atoms with Gasteiger partial charge in [0.15, 0.2) is 12.6 Å². The first-order chi connectivity index (χ1) is 14.8. The van der Waals surface area contributed by atoms with Gasteiger partial charge in [0, 0.05) is 26.7 Å². The predicted molar refractivity (Wildman–Crippen MR) is 114 cm³/mol. The number of aliphatic imine (C=N–C) groups is 1. The number of halogens is 3. The van der Waals surface area contributed by atoms with Crippen LogP contribution in [0.4, 0.5) is 13.2 Å². The van der Waals surface area contributed by atoms with Gasteiger partial charge >= 0.3 is 6.18 Å². The fraction of sp³-hybridized carbons (Fsp3) is 0.364. The van der Waals surface area contributed by atoms with E-state index in [0.717, 1.165) is 23.3 Å². The summed E-state index contributed by atoms with van der Waals surface area (Å²) < 4.78 is 43.3. The number of benzene rings is 2. The van der Waals surface area contributed by atoms with Crippen LogP contribution in [0.3, 0.4) is 0 Å². The Morgan fingerprint density at radius 1 is 1.03 bits per heavy atom. The van der Waals surface area contributed by atoms with Crippen molar-refractivity contribution >= 4 is 11.9 Å². The van der Waals surface area contributed by atoms with Crippen LogP contribution >= 0.6 is 0 Å².